The third-order valence-electron chi connectivity index (χ3n) is 4.56. The molecule has 31 heavy (non-hydrogen) atoms. The number of rotatable bonds is 5. The maximum Gasteiger partial charge on any atom is 0.335 e. The highest BCUT2D eigenvalue weighted by atomic mass is 32.1. The van der Waals surface area contributed by atoms with Gasteiger partial charge in [-0.1, -0.05) is 6.07 Å². The molecule has 0 aliphatic carbocycles. The largest absolute Gasteiger partial charge is 0.493 e. The number of aromatic carboxylic acids is 1. The molecule has 0 aromatic heterocycles. The van der Waals surface area contributed by atoms with Crippen LogP contribution in [-0.4, -0.2) is 41.4 Å². The van der Waals surface area contributed by atoms with Gasteiger partial charge >= 0.3 is 5.97 Å². The van der Waals surface area contributed by atoms with Crippen molar-refractivity contribution in [3.05, 3.63) is 53.1 Å². The second-order valence-electron chi connectivity index (χ2n) is 6.49. The van der Waals surface area contributed by atoms with Gasteiger partial charge in [-0.15, -0.1) is 0 Å². The summed E-state index contributed by atoms with van der Waals surface area (Å²) in [5.41, 5.74) is 0.437. The van der Waals surface area contributed by atoms with Crippen LogP contribution >= 0.6 is 12.2 Å². The first kappa shape index (κ1) is 20.4. The Bertz CT molecular complexity index is 1160. The van der Waals surface area contributed by atoms with E-state index in [1.165, 1.54) is 30.3 Å². The summed E-state index contributed by atoms with van der Waals surface area (Å²) >= 11 is 5.16. The summed E-state index contributed by atoms with van der Waals surface area (Å²) < 4.78 is 16.3. The Morgan fingerprint density at radius 3 is 2.71 bits per heavy atom. The minimum atomic E-state index is -1.15. The molecule has 0 bridgehead atoms. The number of carbonyl (C=O) groups is 3. The van der Waals surface area contributed by atoms with Crippen molar-refractivity contribution in [3.8, 4) is 17.2 Å². The lowest BCUT2D eigenvalue weighted by atomic mass is 10.0. The number of carbonyl (C=O) groups excluding carboxylic acids is 2. The third-order valence-corrected chi connectivity index (χ3v) is 4.84. The molecule has 2 heterocycles. The van der Waals surface area contributed by atoms with Crippen LogP contribution in [0.2, 0.25) is 0 Å². The van der Waals surface area contributed by atoms with E-state index in [0.29, 0.717) is 29.4 Å². The van der Waals surface area contributed by atoms with Crippen LogP contribution in [0, 0.1) is 0 Å². The van der Waals surface area contributed by atoms with Crippen molar-refractivity contribution in [1.29, 1.82) is 0 Å². The van der Waals surface area contributed by atoms with E-state index in [2.05, 4.69) is 5.32 Å². The zero-order chi connectivity index (χ0) is 22.1. The molecule has 158 valence electrons. The minimum absolute atomic E-state index is 0.0232. The monoisotopic (exact) mass is 440 g/mol. The molecule has 2 aliphatic heterocycles. The van der Waals surface area contributed by atoms with Gasteiger partial charge in [0.2, 0.25) is 6.79 Å². The molecule has 0 saturated carbocycles. The normalized spacial score (nSPS) is 16.5. The van der Waals surface area contributed by atoms with E-state index in [0.717, 1.165) is 4.90 Å². The lowest BCUT2D eigenvalue weighted by Crippen LogP contribution is -2.54. The molecule has 1 fully saturated rings. The zero-order valence-corrected chi connectivity index (χ0v) is 17.0. The second-order valence-corrected chi connectivity index (χ2v) is 6.88. The fourth-order valence-corrected chi connectivity index (χ4v) is 3.44. The Balaban J connectivity index is 1.77. The van der Waals surface area contributed by atoms with Crippen molar-refractivity contribution in [2.75, 3.05) is 18.3 Å². The van der Waals surface area contributed by atoms with E-state index in [1.807, 2.05) is 0 Å². The summed E-state index contributed by atoms with van der Waals surface area (Å²) in [4.78, 5) is 38.1. The Hall–Kier alpha value is -3.92. The van der Waals surface area contributed by atoms with Crippen LogP contribution in [0.3, 0.4) is 0 Å². The van der Waals surface area contributed by atoms with Crippen LogP contribution in [-0.2, 0) is 9.59 Å². The predicted octanol–water partition coefficient (Wildman–Crippen LogP) is 2.34. The van der Waals surface area contributed by atoms with Crippen LogP contribution in [0.25, 0.3) is 6.08 Å². The number of anilines is 1. The summed E-state index contributed by atoms with van der Waals surface area (Å²) in [6, 6.07) is 8.94. The molecule has 2 aliphatic rings. The summed E-state index contributed by atoms with van der Waals surface area (Å²) in [5.74, 6) is -1.16. The molecule has 0 unspecified atom stereocenters. The van der Waals surface area contributed by atoms with Crippen molar-refractivity contribution in [2.24, 2.45) is 0 Å². The first-order chi connectivity index (χ1) is 14.9. The smallest absolute Gasteiger partial charge is 0.335 e. The first-order valence-electron chi connectivity index (χ1n) is 9.20. The van der Waals surface area contributed by atoms with Crippen LogP contribution in [0.15, 0.2) is 42.0 Å². The highest BCUT2D eigenvalue weighted by molar-refractivity contribution is 7.80. The molecule has 9 nitrogen and oxygen atoms in total. The van der Waals surface area contributed by atoms with Gasteiger partial charge in [-0.25, -0.2) is 4.79 Å². The SMILES string of the molecule is CCOc1cc2c(cc1C=C1C(=O)NC(=S)N(c3cccc(C(=O)O)c3)C1=O)OCO2. The molecule has 2 amide bonds. The van der Waals surface area contributed by atoms with Crippen molar-refractivity contribution >= 4 is 46.9 Å². The number of carboxylic acids is 1. The van der Waals surface area contributed by atoms with Gasteiger partial charge in [0, 0.05) is 11.6 Å². The van der Waals surface area contributed by atoms with Gasteiger partial charge in [0.25, 0.3) is 11.8 Å². The number of nitrogens with one attached hydrogen (secondary N) is 1. The number of benzene rings is 2. The Morgan fingerprint density at radius 1 is 1.26 bits per heavy atom. The number of ether oxygens (including phenoxy) is 3. The van der Waals surface area contributed by atoms with Crippen molar-refractivity contribution < 1.29 is 33.7 Å². The van der Waals surface area contributed by atoms with Gasteiger partial charge in [0.15, 0.2) is 16.6 Å². The number of hydrogen-bond acceptors (Lipinski definition) is 7. The van der Waals surface area contributed by atoms with Gasteiger partial charge in [-0.05, 0) is 49.5 Å². The quantitative estimate of drug-likeness (QED) is 0.414. The molecule has 0 atom stereocenters. The molecule has 10 heteroatoms. The Labute approximate surface area is 181 Å². The maximum absolute atomic E-state index is 13.2. The van der Waals surface area contributed by atoms with Crippen molar-refractivity contribution in [1.82, 2.24) is 5.32 Å². The summed E-state index contributed by atoms with van der Waals surface area (Å²) in [6.07, 6.45) is 1.38. The average Bonchev–Trinajstić information content (AvgIpc) is 3.18. The number of fused-ring (bicyclic) bond motifs is 1. The van der Waals surface area contributed by atoms with Gasteiger partial charge in [0.05, 0.1) is 17.9 Å². The average molecular weight is 440 g/mol. The lowest BCUT2D eigenvalue weighted by molar-refractivity contribution is -0.122. The van der Waals surface area contributed by atoms with E-state index >= 15 is 0 Å². The Kier molecular flexibility index (Phi) is 5.30. The number of nitrogens with zero attached hydrogens (tertiary/aromatic N) is 1. The van der Waals surface area contributed by atoms with E-state index in [9.17, 15) is 19.5 Å². The second kappa shape index (κ2) is 8.07. The van der Waals surface area contributed by atoms with Gasteiger partial charge in [-0.3, -0.25) is 19.8 Å². The van der Waals surface area contributed by atoms with E-state index in [4.69, 9.17) is 26.4 Å². The van der Waals surface area contributed by atoms with Gasteiger partial charge in [0.1, 0.15) is 11.3 Å². The topological polar surface area (TPSA) is 114 Å². The van der Waals surface area contributed by atoms with Crippen LogP contribution < -0.4 is 24.4 Å². The number of hydrogen-bond donors (Lipinski definition) is 2. The molecule has 2 aromatic carbocycles. The predicted molar refractivity (Wildman–Crippen MR) is 113 cm³/mol. The third kappa shape index (κ3) is 3.80. The fraction of sp³-hybridized carbons (Fsp3) is 0.143. The molecule has 0 spiro atoms. The lowest BCUT2D eigenvalue weighted by Gasteiger charge is -2.29. The minimum Gasteiger partial charge on any atom is -0.493 e. The zero-order valence-electron chi connectivity index (χ0n) is 16.2. The molecule has 2 aromatic rings. The van der Waals surface area contributed by atoms with Crippen LogP contribution in [0.5, 0.6) is 17.2 Å². The summed E-state index contributed by atoms with van der Waals surface area (Å²) in [6.45, 7) is 2.21. The molecule has 0 radical (unpaired) electrons. The number of thiocarbonyl (C=S) groups is 1. The molecule has 4 rings (SSSR count). The van der Waals surface area contributed by atoms with Gasteiger partial charge < -0.3 is 19.3 Å². The number of amides is 2. The molecular weight excluding hydrogens is 424 g/mol. The molecule has 2 N–H and O–H groups in total. The van der Waals surface area contributed by atoms with E-state index in [1.54, 1.807) is 19.1 Å². The van der Waals surface area contributed by atoms with Crippen molar-refractivity contribution in [2.45, 2.75) is 6.92 Å². The maximum atomic E-state index is 13.2. The van der Waals surface area contributed by atoms with Gasteiger partial charge in [-0.2, -0.15) is 0 Å². The fourth-order valence-electron chi connectivity index (χ4n) is 3.16. The highest BCUT2D eigenvalue weighted by Gasteiger charge is 2.35. The highest BCUT2D eigenvalue weighted by Crippen LogP contribution is 2.39. The molecule has 1 saturated heterocycles. The summed E-state index contributed by atoms with van der Waals surface area (Å²) in [7, 11) is 0. The Morgan fingerprint density at radius 2 is 2.00 bits per heavy atom. The van der Waals surface area contributed by atoms with Crippen LogP contribution in [0.4, 0.5) is 5.69 Å². The first-order valence-corrected chi connectivity index (χ1v) is 9.61. The van der Waals surface area contributed by atoms with Crippen LogP contribution in [0.1, 0.15) is 22.8 Å². The van der Waals surface area contributed by atoms with E-state index < -0.39 is 17.8 Å². The molecular formula is C21H16N2O7S. The van der Waals surface area contributed by atoms with E-state index in [-0.39, 0.29) is 28.7 Å². The number of carboxylic acid groups (broad SMARTS) is 1. The van der Waals surface area contributed by atoms with Crippen molar-refractivity contribution in [3.63, 3.8) is 0 Å². The standard InChI is InChI=1S/C21H16N2O7S/c1-2-28-15-9-17-16(29-10-30-17)8-12(15)7-14-18(24)22-21(31)23(19(14)25)13-5-3-4-11(6-13)20(26)27/h3-9H,2,10H2,1H3,(H,26,27)(H,22,24,31). The summed E-state index contributed by atoms with van der Waals surface area (Å²) in [5, 5.41) is 11.6.